The van der Waals surface area contributed by atoms with Crippen molar-refractivity contribution in [2.45, 2.75) is 0 Å². The predicted octanol–water partition coefficient (Wildman–Crippen LogP) is 5.28. The number of thiophene rings is 1. The molecule has 3 aromatic carbocycles. The van der Waals surface area contributed by atoms with Gasteiger partial charge in [-0.2, -0.15) is 5.10 Å². The number of fused-ring (bicyclic) bond motifs is 1. The van der Waals surface area contributed by atoms with Crippen LogP contribution in [-0.4, -0.2) is 23.1 Å². The highest BCUT2D eigenvalue weighted by Crippen LogP contribution is 2.35. The number of carbonyl (C=O) groups excluding carboxylic acids is 2. The van der Waals surface area contributed by atoms with Gasteiger partial charge in [-0.1, -0.05) is 29.8 Å². The van der Waals surface area contributed by atoms with Crippen LogP contribution in [0.2, 0.25) is 5.02 Å². The van der Waals surface area contributed by atoms with Gasteiger partial charge in [0.1, 0.15) is 10.6 Å². The Hall–Kier alpha value is -3.68. The van der Waals surface area contributed by atoms with Crippen LogP contribution in [0.1, 0.15) is 25.6 Å². The van der Waals surface area contributed by atoms with Crippen molar-refractivity contribution in [2.24, 2.45) is 5.10 Å². The second kappa shape index (κ2) is 8.99. The molecular formula is C23H16ClN3O3S. The lowest BCUT2D eigenvalue weighted by Gasteiger charge is -2.05. The maximum atomic E-state index is 12.6. The quantitative estimate of drug-likeness (QED) is 0.286. The number of carbonyl (C=O) groups is 2. The van der Waals surface area contributed by atoms with Gasteiger partial charge in [0.05, 0.1) is 11.2 Å². The first-order chi connectivity index (χ1) is 15.0. The lowest BCUT2D eigenvalue weighted by molar-refractivity contribution is 0.0954. The molecule has 6 nitrogen and oxygen atoms in total. The third kappa shape index (κ3) is 4.74. The van der Waals surface area contributed by atoms with Crippen molar-refractivity contribution in [1.29, 1.82) is 0 Å². The summed E-state index contributed by atoms with van der Waals surface area (Å²) >= 11 is 7.69. The van der Waals surface area contributed by atoms with Crippen molar-refractivity contribution >= 4 is 56.7 Å². The van der Waals surface area contributed by atoms with Crippen molar-refractivity contribution < 1.29 is 14.7 Å². The molecule has 0 fully saturated rings. The maximum Gasteiger partial charge on any atom is 0.271 e. The van der Waals surface area contributed by atoms with Crippen LogP contribution in [0.15, 0.2) is 77.9 Å². The molecule has 0 aliphatic carbocycles. The predicted molar refractivity (Wildman–Crippen MR) is 124 cm³/mol. The van der Waals surface area contributed by atoms with Gasteiger partial charge in [0.15, 0.2) is 0 Å². The van der Waals surface area contributed by atoms with Crippen molar-refractivity contribution in [2.75, 3.05) is 5.32 Å². The molecule has 4 rings (SSSR count). The fraction of sp³-hybridized carbons (Fsp3) is 0. The van der Waals surface area contributed by atoms with Gasteiger partial charge in [-0.15, -0.1) is 11.3 Å². The number of hydrogen-bond acceptors (Lipinski definition) is 5. The third-order valence-corrected chi connectivity index (χ3v) is 6.09. The van der Waals surface area contributed by atoms with Gasteiger partial charge in [0.2, 0.25) is 0 Å². The molecule has 3 N–H and O–H groups in total. The van der Waals surface area contributed by atoms with E-state index in [0.717, 1.165) is 15.6 Å². The molecule has 2 amide bonds. The number of benzene rings is 3. The standard InChI is InChI=1S/C23H16ClN3O3S/c24-20-18-3-1-2-4-19(18)31-21(20)23(30)26-16-9-7-15(8-10-16)22(29)27-25-13-14-5-11-17(28)12-6-14/h1-13,28H,(H,26,30)(H,27,29)/b25-13-. The summed E-state index contributed by atoms with van der Waals surface area (Å²) < 4.78 is 0.942. The van der Waals surface area contributed by atoms with E-state index in [1.807, 2.05) is 24.3 Å². The number of phenolic OH excluding ortho intramolecular Hbond substituents is 1. The van der Waals surface area contributed by atoms with E-state index in [1.165, 1.54) is 29.7 Å². The highest BCUT2D eigenvalue weighted by atomic mass is 35.5. The number of amides is 2. The van der Waals surface area contributed by atoms with E-state index in [1.54, 1.807) is 36.4 Å². The SMILES string of the molecule is O=C(N/N=C\c1ccc(O)cc1)c1ccc(NC(=O)c2sc3ccccc3c2Cl)cc1. The highest BCUT2D eigenvalue weighted by molar-refractivity contribution is 7.21. The summed E-state index contributed by atoms with van der Waals surface area (Å²) in [5.41, 5.74) is 4.10. The van der Waals surface area contributed by atoms with Gasteiger partial charge >= 0.3 is 0 Å². The molecule has 0 saturated carbocycles. The van der Waals surface area contributed by atoms with E-state index in [0.29, 0.717) is 21.2 Å². The molecule has 0 atom stereocenters. The maximum absolute atomic E-state index is 12.6. The lowest BCUT2D eigenvalue weighted by atomic mass is 10.2. The zero-order chi connectivity index (χ0) is 21.8. The van der Waals surface area contributed by atoms with Crippen LogP contribution in [0, 0.1) is 0 Å². The molecule has 0 bridgehead atoms. The van der Waals surface area contributed by atoms with E-state index in [-0.39, 0.29) is 17.6 Å². The summed E-state index contributed by atoms with van der Waals surface area (Å²) in [6.45, 7) is 0. The van der Waals surface area contributed by atoms with Crippen molar-refractivity contribution in [3.8, 4) is 5.75 Å². The molecule has 0 radical (unpaired) electrons. The summed E-state index contributed by atoms with van der Waals surface area (Å²) in [6, 6.07) is 20.4. The minimum Gasteiger partial charge on any atom is -0.508 e. The number of phenols is 1. The van der Waals surface area contributed by atoms with Gasteiger partial charge in [-0.3, -0.25) is 9.59 Å². The number of nitrogens with one attached hydrogen (secondary N) is 2. The Morgan fingerprint density at radius 1 is 0.935 bits per heavy atom. The van der Waals surface area contributed by atoms with Crippen LogP contribution in [-0.2, 0) is 0 Å². The molecule has 154 valence electrons. The Balaban J connectivity index is 1.39. The summed E-state index contributed by atoms with van der Waals surface area (Å²) in [6.07, 6.45) is 1.47. The van der Waals surface area contributed by atoms with Gasteiger partial charge in [0.25, 0.3) is 11.8 Å². The van der Waals surface area contributed by atoms with Crippen LogP contribution in [0.25, 0.3) is 10.1 Å². The second-order valence-corrected chi connectivity index (χ2v) is 7.99. The number of halogens is 1. The van der Waals surface area contributed by atoms with Gasteiger partial charge < -0.3 is 10.4 Å². The van der Waals surface area contributed by atoms with E-state index in [2.05, 4.69) is 15.8 Å². The summed E-state index contributed by atoms with van der Waals surface area (Å²) in [5.74, 6) is -0.537. The first kappa shape index (κ1) is 20.6. The van der Waals surface area contributed by atoms with Crippen LogP contribution in [0.3, 0.4) is 0 Å². The number of hydrazone groups is 1. The fourth-order valence-electron chi connectivity index (χ4n) is 2.84. The number of aromatic hydroxyl groups is 1. The second-order valence-electron chi connectivity index (χ2n) is 6.56. The van der Waals surface area contributed by atoms with E-state index in [4.69, 9.17) is 11.6 Å². The summed E-state index contributed by atoms with van der Waals surface area (Å²) in [7, 11) is 0. The minimum atomic E-state index is -0.388. The van der Waals surface area contributed by atoms with Crippen molar-refractivity contribution in [1.82, 2.24) is 5.43 Å². The fourth-order valence-corrected chi connectivity index (χ4v) is 4.26. The highest BCUT2D eigenvalue weighted by Gasteiger charge is 2.17. The molecule has 0 spiro atoms. The molecule has 0 saturated heterocycles. The van der Waals surface area contributed by atoms with Gasteiger partial charge in [-0.25, -0.2) is 5.43 Å². The minimum absolute atomic E-state index is 0.156. The number of hydrogen-bond donors (Lipinski definition) is 3. The third-order valence-electron chi connectivity index (χ3n) is 4.42. The van der Waals surface area contributed by atoms with Crippen molar-refractivity contribution in [3.05, 3.63) is 93.8 Å². The average Bonchev–Trinajstić information content (AvgIpc) is 3.12. The van der Waals surface area contributed by atoms with Crippen LogP contribution >= 0.6 is 22.9 Å². The Morgan fingerprint density at radius 3 is 2.35 bits per heavy atom. The molecule has 4 aromatic rings. The van der Waals surface area contributed by atoms with Gasteiger partial charge in [0, 0.05) is 21.3 Å². The lowest BCUT2D eigenvalue weighted by Crippen LogP contribution is -2.17. The Bertz CT molecular complexity index is 1280. The molecule has 0 aliphatic rings. The monoisotopic (exact) mass is 449 g/mol. The molecular weight excluding hydrogens is 434 g/mol. The smallest absolute Gasteiger partial charge is 0.271 e. The van der Waals surface area contributed by atoms with Crippen LogP contribution < -0.4 is 10.7 Å². The zero-order valence-corrected chi connectivity index (χ0v) is 17.6. The Morgan fingerprint density at radius 2 is 1.65 bits per heavy atom. The number of nitrogens with zero attached hydrogens (tertiary/aromatic N) is 1. The Kier molecular flexibility index (Phi) is 5.97. The molecule has 0 unspecified atom stereocenters. The first-order valence-electron chi connectivity index (χ1n) is 9.22. The average molecular weight is 450 g/mol. The molecule has 1 aromatic heterocycles. The van der Waals surface area contributed by atoms with Crippen LogP contribution in [0.4, 0.5) is 5.69 Å². The zero-order valence-electron chi connectivity index (χ0n) is 16.0. The Labute approximate surface area is 186 Å². The van der Waals surface area contributed by atoms with Gasteiger partial charge in [-0.05, 0) is 60.2 Å². The number of rotatable bonds is 5. The van der Waals surface area contributed by atoms with Crippen LogP contribution in [0.5, 0.6) is 5.75 Å². The van der Waals surface area contributed by atoms with E-state index in [9.17, 15) is 14.7 Å². The molecule has 1 heterocycles. The number of anilines is 1. The summed E-state index contributed by atoms with van der Waals surface area (Å²) in [5, 5.41) is 17.2. The van der Waals surface area contributed by atoms with E-state index >= 15 is 0 Å². The molecule has 8 heteroatoms. The normalized spacial score (nSPS) is 11.0. The topological polar surface area (TPSA) is 90.8 Å². The summed E-state index contributed by atoms with van der Waals surface area (Å²) in [4.78, 5) is 25.3. The first-order valence-corrected chi connectivity index (χ1v) is 10.4. The largest absolute Gasteiger partial charge is 0.508 e. The molecule has 31 heavy (non-hydrogen) atoms. The molecule has 0 aliphatic heterocycles. The van der Waals surface area contributed by atoms with Crippen molar-refractivity contribution in [3.63, 3.8) is 0 Å². The van der Waals surface area contributed by atoms with E-state index < -0.39 is 0 Å².